The zero-order valence-electron chi connectivity index (χ0n) is 20.8. The van der Waals surface area contributed by atoms with E-state index < -0.39 is 28.0 Å². The van der Waals surface area contributed by atoms with Crippen LogP contribution >= 0.6 is 0 Å². The van der Waals surface area contributed by atoms with Crippen LogP contribution in [-0.2, 0) is 19.1 Å². The van der Waals surface area contributed by atoms with Crippen LogP contribution in [0.2, 0.25) is 0 Å². The van der Waals surface area contributed by atoms with Crippen LogP contribution in [0, 0.1) is 39.9 Å². The zero-order chi connectivity index (χ0) is 24.1. The number of fused-ring (bicyclic) bond motifs is 6. The van der Waals surface area contributed by atoms with Crippen molar-refractivity contribution in [2.75, 3.05) is 0 Å². The van der Waals surface area contributed by atoms with E-state index >= 15 is 0 Å². The van der Waals surface area contributed by atoms with E-state index in [2.05, 4.69) is 13.8 Å². The molecule has 6 nitrogen and oxygen atoms in total. The molecule has 5 aliphatic carbocycles. The van der Waals surface area contributed by atoms with Gasteiger partial charge in [0.15, 0.2) is 11.4 Å². The number of ketones is 1. The van der Waals surface area contributed by atoms with Crippen molar-refractivity contribution in [2.45, 2.75) is 108 Å². The van der Waals surface area contributed by atoms with E-state index in [4.69, 9.17) is 9.47 Å². The van der Waals surface area contributed by atoms with Crippen LogP contribution < -0.4 is 0 Å². The van der Waals surface area contributed by atoms with Crippen LogP contribution in [0.1, 0.15) is 79.1 Å². The van der Waals surface area contributed by atoms with E-state index in [0.717, 1.165) is 32.1 Å². The molecule has 12 atom stereocenters. The van der Waals surface area contributed by atoms with Crippen molar-refractivity contribution in [3.63, 3.8) is 0 Å². The molecule has 0 aromatic carbocycles. The van der Waals surface area contributed by atoms with E-state index in [1.54, 1.807) is 13.0 Å². The predicted octanol–water partition coefficient (Wildman–Crippen LogP) is 3.33. The Hall–Kier alpha value is -1.24. The van der Waals surface area contributed by atoms with Crippen molar-refractivity contribution in [1.29, 1.82) is 0 Å². The number of carbonyl (C=O) groups excluding carboxylic acids is 2. The van der Waals surface area contributed by atoms with E-state index in [1.807, 2.05) is 13.0 Å². The number of hydrogen-bond donors (Lipinski definition) is 2. The van der Waals surface area contributed by atoms with Crippen molar-refractivity contribution in [1.82, 2.24) is 0 Å². The number of aliphatic hydroxyl groups is 2. The molecule has 7 rings (SSSR count). The fourth-order valence-electron chi connectivity index (χ4n) is 10.5. The molecular formula is C28H38O6. The summed E-state index contributed by atoms with van der Waals surface area (Å²) in [6, 6.07) is 0. The molecular weight excluding hydrogens is 432 g/mol. The number of rotatable bonds is 1. The molecule has 6 heteroatoms. The highest BCUT2D eigenvalue weighted by Crippen LogP contribution is 2.74. The van der Waals surface area contributed by atoms with Gasteiger partial charge in [-0.1, -0.05) is 19.9 Å². The number of ether oxygens (including phenoxy) is 2. The summed E-state index contributed by atoms with van der Waals surface area (Å²) in [4.78, 5) is 25.9. The highest BCUT2D eigenvalue weighted by Gasteiger charge is 2.79. The molecule has 2 heterocycles. The molecule has 3 unspecified atom stereocenters. The van der Waals surface area contributed by atoms with Crippen molar-refractivity contribution >= 4 is 11.8 Å². The fraction of sp³-hybridized carbons (Fsp3) is 0.857. The summed E-state index contributed by atoms with van der Waals surface area (Å²) in [5.41, 5.74) is -4.13. The van der Waals surface area contributed by atoms with Gasteiger partial charge in [0.25, 0.3) is 0 Å². The van der Waals surface area contributed by atoms with Crippen LogP contribution in [0.5, 0.6) is 0 Å². The SMILES string of the molecule is C[C@@]12C[C@@H](OC(=O)[C@]1(C)O)[C@@H]([C@@]1(O)CCC3C4C[C@@H]5O[C@]56CC=CC(=O)[C@]6(C)C4CC[C@@]31C)C2. The van der Waals surface area contributed by atoms with Crippen LogP contribution in [0.15, 0.2) is 12.2 Å². The van der Waals surface area contributed by atoms with Crippen LogP contribution in [0.25, 0.3) is 0 Å². The van der Waals surface area contributed by atoms with Gasteiger partial charge in [-0.05, 0) is 94.5 Å². The lowest BCUT2D eigenvalue weighted by Gasteiger charge is -2.59. The Morgan fingerprint density at radius 3 is 2.47 bits per heavy atom. The molecule has 2 aliphatic heterocycles. The normalized spacial score (nSPS) is 63.5. The van der Waals surface area contributed by atoms with E-state index in [1.165, 1.54) is 0 Å². The van der Waals surface area contributed by atoms with Crippen LogP contribution in [0.4, 0.5) is 0 Å². The van der Waals surface area contributed by atoms with Crippen molar-refractivity contribution in [2.24, 2.45) is 39.9 Å². The highest BCUT2D eigenvalue weighted by molar-refractivity contribution is 5.97. The van der Waals surface area contributed by atoms with E-state index in [0.29, 0.717) is 31.1 Å². The first-order valence-corrected chi connectivity index (χ1v) is 13.4. The van der Waals surface area contributed by atoms with E-state index in [-0.39, 0.29) is 40.8 Å². The topological polar surface area (TPSA) is 96.4 Å². The number of epoxide rings is 1. The minimum atomic E-state index is -1.52. The lowest BCUT2D eigenvalue weighted by atomic mass is 9.44. The first-order chi connectivity index (χ1) is 15.8. The number of hydrogen-bond acceptors (Lipinski definition) is 6. The molecule has 0 radical (unpaired) electrons. The molecule has 7 aliphatic rings. The summed E-state index contributed by atoms with van der Waals surface area (Å²) < 4.78 is 12.1. The van der Waals surface area contributed by atoms with Gasteiger partial charge in [0.05, 0.1) is 17.1 Å². The molecule has 2 N–H and O–H groups in total. The average molecular weight is 471 g/mol. The molecule has 0 aromatic rings. The zero-order valence-corrected chi connectivity index (χ0v) is 20.8. The van der Waals surface area contributed by atoms with Gasteiger partial charge in [-0.25, -0.2) is 4.79 Å². The first-order valence-electron chi connectivity index (χ1n) is 13.4. The quantitative estimate of drug-likeness (QED) is 0.451. The Kier molecular flexibility index (Phi) is 3.88. The summed E-state index contributed by atoms with van der Waals surface area (Å²) in [5.74, 6) is 0.459. The molecule has 34 heavy (non-hydrogen) atoms. The van der Waals surface area contributed by atoms with Gasteiger partial charge < -0.3 is 19.7 Å². The summed E-state index contributed by atoms with van der Waals surface area (Å²) >= 11 is 0. The third kappa shape index (κ3) is 2.11. The van der Waals surface area contributed by atoms with Crippen molar-refractivity contribution in [3.8, 4) is 0 Å². The van der Waals surface area contributed by atoms with Crippen molar-refractivity contribution in [3.05, 3.63) is 12.2 Å². The lowest BCUT2D eigenvalue weighted by Crippen LogP contribution is -2.62. The second kappa shape index (κ2) is 6.00. The second-order valence-electron chi connectivity index (χ2n) is 13.8. The molecule has 4 saturated carbocycles. The Bertz CT molecular complexity index is 1030. The number of carbonyl (C=O) groups is 2. The molecule has 0 aromatic heterocycles. The molecule has 2 bridgehead atoms. The maximum atomic E-state index is 13.3. The third-order valence-electron chi connectivity index (χ3n) is 13.0. The Morgan fingerprint density at radius 1 is 0.971 bits per heavy atom. The van der Waals surface area contributed by atoms with Crippen LogP contribution in [0.3, 0.4) is 0 Å². The van der Waals surface area contributed by atoms with Crippen LogP contribution in [-0.4, -0.2) is 51.0 Å². The van der Waals surface area contributed by atoms with Gasteiger partial charge in [-0.3, -0.25) is 4.79 Å². The van der Waals surface area contributed by atoms with Gasteiger partial charge in [0.2, 0.25) is 0 Å². The summed E-state index contributed by atoms with van der Waals surface area (Å²) in [5, 5.41) is 23.5. The Morgan fingerprint density at radius 2 is 1.71 bits per heavy atom. The second-order valence-corrected chi connectivity index (χ2v) is 13.8. The molecule has 6 fully saturated rings. The maximum absolute atomic E-state index is 13.3. The molecule has 0 amide bonds. The van der Waals surface area contributed by atoms with Gasteiger partial charge in [-0.2, -0.15) is 0 Å². The maximum Gasteiger partial charge on any atom is 0.338 e. The fourth-order valence-corrected chi connectivity index (χ4v) is 10.5. The number of esters is 1. The van der Waals surface area contributed by atoms with Gasteiger partial charge in [0.1, 0.15) is 11.7 Å². The summed E-state index contributed by atoms with van der Waals surface area (Å²) in [7, 11) is 0. The monoisotopic (exact) mass is 470 g/mol. The van der Waals surface area contributed by atoms with Crippen molar-refractivity contribution < 1.29 is 29.3 Å². The predicted molar refractivity (Wildman–Crippen MR) is 122 cm³/mol. The Labute approximate surface area is 201 Å². The average Bonchev–Trinajstić information content (AvgIpc) is 3.27. The standard InChI is InChI=1S/C28H38O6/c1-23-13-18(19(14-23)33-22(30)26(23,4)31)27(32)11-8-16-15-12-21-28(34-21)9-5-6-20(29)25(28,3)17(15)7-10-24(16,27)2/h5-6,15-19,21,31-32H,7-14H2,1-4H3/t15?,16?,17?,18-,19+,21-,23+,24-,25-,26-,27-,28+/m0/s1. The first kappa shape index (κ1) is 22.0. The van der Waals surface area contributed by atoms with Gasteiger partial charge in [-0.15, -0.1) is 0 Å². The minimum Gasteiger partial charge on any atom is -0.460 e. The molecule has 2 saturated heterocycles. The molecule has 186 valence electrons. The Balaban J connectivity index is 1.24. The summed E-state index contributed by atoms with van der Waals surface area (Å²) in [6.07, 6.45) is 10.00. The smallest absolute Gasteiger partial charge is 0.338 e. The largest absolute Gasteiger partial charge is 0.460 e. The molecule has 1 spiro atoms. The highest BCUT2D eigenvalue weighted by atomic mass is 16.6. The number of allylic oxidation sites excluding steroid dienone is 1. The minimum absolute atomic E-state index is 0.143. The van der Waals surface area contributed by atoms with Gasteiger partial charge in [0, 0.05) is 11.3 Å². The summed E-state index contributed by atoms with van der Waals surface area (Å²) in [6.45, 7) is 7.96. The third-order valence-corrected chi connectivity index (χ3v) is 13.0. The van der Waals surface area contributed by atoms with E-state index in [9.17, 15) is 19.8 Å². The lowest BCUT2D eigenvalue weighted by molar-refractivity contribution is -0.200. The van der Waals surface area contributed by atoms with Gasteiger partial charge >= 0.3 is 5.97 Å².